The van der Waals surface area contributed by atoms with Crippen LogP contribution in [0.25, 0.3) is 0 Å². The Labute approximate surface area is 101 Å². The molecule has 0 radical (unpaired) electrons. The first-order valence-electron chi connectivity index (χ1n) is 5.12. The Morgan fingerprint density at radius 3 is 2.50 bits per heavy atom. The van der Waals surface area contributed by atoms with Crippen LogP contribution in [0.1, 0.15) is 18.6 Å². The molecule has 4 heteroatoms. The maximum atomic E-state index is 11.4. The van der Waals surface area contributed by atoms with Gasteiger partial charge in [0.2, 0.25) is 5.91 Å². The number of hydrogen-bond donors (Lipinski definition) is 1. The van der Waals surface area contributed by atoms with E-state index in [4.69, 9.17) is 11.6 Å². The lowest BCUT2D eigenvalue weighted by Crippen LogP contribution is -2.39. The van der Waals surface area contributed by atoms with Gasteiger partial charge in [-0.25, -0.2) is 0 Å². The molecule has 2 unspecified atom stereocenters. The van der Waals surface area contributed by atoms with Gasteiger partial charge in [0.1, 0.15) is 5.88 Å². The molecule has 0 aliphatic rings. The first-order chi connectivity index (χ1) is 7.57. The summed E-state index contributed by atoms with van der Waals surface area (Å²) >= 11 is 5.47. The molecule has 0 spiro atoms. The number of amides is 1. The maximum absolute atomic E-state index is 11.4. The van der Waals surface area contributed by atoms with E-state index in [0.29, 0.717) is 0 Å². The number of hydrogen-bond acceptors (Lipinski definition) is 2. The summed E-state index contributed by atoms with van der Waals surface area (Å²) in [6.45, 7) is 1.79. The highest BCUT2D eigenvalue weighted by atomic mass is 35.5. The second kappa shape index (κ2) is 5.87. The predicted molar refractivity (Wildman–Crippen MR) is 64.4 cm³/mol. The smallest absolute Gasteiger partial charge is 0.237 e. The number of aliphatic hydroxyl groups excluding tert-OH is 1. The minimum atomic E-state index is -0.696. The third-order valence-corrected chi connectivity index (χ3v) is 2.95. The van der Waals surface area contributed by atoms with Gasteiger partial charge in [-0.2, -0.15) is 0 Å². The number of halogens is 1. The van der Waals surface area contributed by atoms with Gasteiger partial charge >= 0.3 is 0 Å². The van der Waals surface area contributed by atoms with Crippen molar-refractivity contribution in [1.29, 1.82) is 0 Å². The molecule has 1 amide bonds. The lowest BCUT2D eigenvalue weighted by Gasteiger charge is -2.28. The molecule has 0 fully saturated rings. The van der Waals surface area contributed by atoms with Crippen LogP contribution < -0.4 is 0 Å². The average Bonchev–Trinajstić information content (AvgIpc) is 2.36. The van der Waals surface area contributed by atoms with Crippen molar-refractivity contribution in [3.8, 4) is 0 Å². The molecule has 1 rings (SSSR count). The number of nitrogens with zero attached hydrogens (tertiary/aromatic N) is 1. The highest BCUT2D eigenvalue weighted by Crippen LogP contribution is 2.19. The standard InChI is InChI=1S/C12H16ClNO2/c1-9(14(2)11(15)8-13)12(16)10-6-4-3-5-7-10/h3-7,9,12,16H,8H2,1-2H3. The molecule has 0 bridgehead atoms. The number of alkyl halides is 1. The van der Waals surface area contributed by atoms with Crippen molar-refractivity contribution in [2.45, 2.75) is 19.1 Å². The minimum absolute atomic E-state index is 0.0671. The van der Waals surface area contributed by atoms with E-state index in [0.717, 1.165) is 5.56 Å². The number of carbonyl (C=O) groups is 1. The van der Waals surface area contributed by atoms with Gasteiger partial charge in [0, 0.05) is 7.05 Å². The number of rotatable bonds is 4. The summed E-state index contributed by atoms with van der Waals surface area (Å²) in [5.41, 5.74) is 0.796. The monoisotopic (exact) mass is 241 g/mol. The molecule has 0 saturated carbocycles. The number of benzene rings is 1. The summed E-state index contributed by atoms with van der Waals surface area (Å²) in [5.74, 6) is -0.258. The van der Waals surface area contributed by atoms with Gasteiger partial charge in [0.25, 0.3) is 0 Å². The molecule has 0 saturated heterocycles. The third-order valence-electron chi connectivity index (χ3n) is 2.72. The summed E-state index contributed by atoms with van der Waals surface area (Å²) in [5, 5.41) is 10.1. The van der Waals surface area contributed by atoms with Gasteiger partial charge in [0.05, 0.1) is 12.1 Å². The van der Waals surface area contributed by atoms with Gasteiger partial charge < -0.3 is 10.0 Å². The van der Waals surface area contributed by atoms with Crippen molar-refractivity contribution in [2.24, 2.45) is 0 Å². The fraction of sp³-hybridized carbons (Fsp3) is 0.417. The number of aliphatic hydroxyl groups is 1. The van der Waals surface area contributed by atoms with Crippen molar-refractivity contribution in [3.63, 3.8) is 0 Å². The molecule has 1 aromatic rings. The Hall–Kier alpha value is -1.06. The topological polar surface area (TPSA) is 40.5 Å². The molecule has 16 heavy (non-hydrogen) atoms. The zero-order valence-corrected chi connectivity index (χ0v) is 10.2. The predicted octanol–water partition coefficient (Wildman–Crippen LogP) is 1.81. The second-order valence-corrected chi connectivity index (χ2v) is 4.00. The Kier molecular flexibility index (Phi) is 4.77. The largest absolute Gasteiger partial charge is 0.386 e. The van der Waals surface area contributed by atoms with Crippen molar-refractivity contribution < 1.29 is 9.90 Å². The maximum Gasteiger partial charge on any atom is 0.237 e. The quantitative estimate of drug-likeness (QED) is 0.817. The van der Waals surface area contributed by atoms with Crippen molar-refractivity contribution in [2.75, 3.05) is 12.9 Å². The molecule has 3 nitrogen and oxygen atoms in total. The van der Waals surface area contributed by atoms with Gasteiger partial charge in [-0.3, -0.25) is 4.79 Å². The van der Waals surface area contributed by atoms with Gasteiger partial charge in [-0.15, -0.1) is 11.6 Å². The van der Waals surface area contributed by atoms with E-state index in [2.05, 4.69) is 0 Å². The fourth-order valence-electron chi connectivity index (χ4n) is 1.46. The van der Waals surface area contributed by atoms with E-state index < -0.39 is 6.10 Å². The Bertz CT molecular complexity index is 342. The third kappa shape index (κ3) is 2.97. The molecular formula is C12H16ClNO2. The van der Waals surface area contributed by atoms with Crippen LogP contribution in [0.2, 0.25) is 0 Å². The van der Waals surface area contributed by atoms with Crippen molar-refractivity contribution in [3.05, 3.63) is 35.9 Å². The minimum Gasteiger partial charge on any atom is -0.386 e. The van der Waals surface area contributed by atoms with Crippen LogP contribution in [-0.2, 0) is 4.79 Å². The van der Waals surface area contributed by atoms with Crippen LogP contribution >= 0.6 is 11.6 Å². The summed E-state index contributed by atoms with van der Waals surface area (Å²) in [6.07, 6.45) is -0.696. The molecule has 1 N–H and O–H groups in total. The highest BCUT2D eigenvalue weighted by molar-refractivity contribution is 6.27. The summed E-state index contributed by atoms with van der Waals surface area (Å²) in [6, 6.07) is 8.96. The Morgan fingerprint density at radius 2 is 2.00 bits per heavy atom. The first kappa shape index (κ1) is 13.0. The fourth-order valence-corrected chi connectivity index (χ4v) is 1.65. The number of carbonyl (C=O) groups excluding carboxylic acids is 1. The second-order valence-electron chi connectivity index (χ2n) is 3.73. The Morgan fingerprint density at radius 1 is 1.44 bits per heavy atom. The van der Waals surface area contributed by atoms with Crippen LogP contribution in [0.3, 0.4) is 0 Å². The zero-order valence-electron chi connectivity index (χ0n) is 9.43. The summed E-state index contributed by atoms with van der Waals surface area (Å²) < 4.78 is 0. The van der Waals surface area contributed by atoms with Crippen LogP contribution in [-0.4, -0.2) is 34.9 Å². The lowest BCUT2D eigenvalue weighted by atomic mass is 10.0. The molecule has 2 atom stereocenters. The van der Waals surface area contributed by atoms with Crippen molar-refractivity contribution in [1.82, 2.24) is 4.90 Å². The normalized spacial score (nSPS) is 14.2. The van der Waals surface area contributed by atoms with Gasteiger partial charge in [0.15, 0.2) is 0 Å². The van der Waals surface area contributed by atoms with E-state index >= 15 is 0 Å². The average molecular weight is 242 g/mol. The van der Waals surface area contributed by atoms with Crippen LogP contribution in [0.5, 0.6) is 0 Å². The molecule has 0 aliphatic heterocycles. The molecule has 0 aromatic heterocycles. The van der Waals surface area contributed by atoms with E-state index in [1.54, 1.807) is 14.0 Å². The molecule has 0 heterocycles. The van der Waals surface area contributed by atoms with Crippen molar-refractivity contribution >= 4 is 17.5 Å². The molecule has 88 valence electrons. The molecular weight excluding hydrogens is 226 g/mol. The van der Waals surface area contributed by atoms with Gasteiger partial charge in [-0.1, -0.05) is 30.3 Å². The molecule has 0 aliphatic carbocycles. The van der Waals surface area contributed by atoms with Crippen LogP contribution in [0.15, 0.2) is 30.3 Å². The van der Waals surface area contributed by atoms with E-state index in [9.17, 15) is 9.90 Å². The summed E-state index contributed by atoms with van der Waals surface area (Å²) in [4.78, 5) is 12.8. The SMILES string of the molecule is CC(C(O)c1ccccc1)N(C)C(=O)CCl. The number of likely N-dealkylation sites (N-methyl/N-ethyl adjacent to an activating group) is 1. The lowest BCUT2D eigenvalue weighted by molar-refractivity contribution is -0.131. The van der Waals surface area contributed by atoms with Gasteiger partial charge in [-0.05, 0) is 12.5 Å². The van der Waals surface area contributed by atoms with Crippen LogP contribution in [0, 0.1) is 0 Å². The van der Waals surface area contributed by atoms with E-state index in [1.807, 2.05) is 30.3 Å². The molecule has 1 aromatic carbocycles. The highest BCUT2D eigenvalue weighted by Gasteiger charge is 2.23. The van der Waals surface area contributed by atoms with E-state index in [-0.39, 0.29) is 17.8 Å². The Balaban J connectivity index is 2.74. The summed E-state index contributed by atoms with van der Waals surface area (Å²) in [7, 11) is 1.64. The zero-order chi connectivity index (χ0) is 12.1. The van der Waals surface area contributed by atoms with Crippen LogP contribution in [0.4, 0.5) is 0 Å². The van der Waals surface area contributed by atoms with E-state index in [1.165, 1.54) is 4.90 Å². The first-order valence-corrected chi connectivity index (χ1v) is 5.66.